The number of carbonyl (C=O) groups is 2. The molecule has 0 fully saturated rings. The predicted molar refractivity (Wildman–Crippen MR) is 120 cm³/mol. The molecule has 1 heterocycles. The lowest BCUT2D eigenvalue weighted by Crippen LogP contribution is -2.32. The third kappa shape index (κ3) is 3.74. The van der Waals surface area contributed by atoms with Crippen molar-refractivity contribution >= 4 is 34.7 Å². The molecule has 0 radical (unpaired) electrons. The van der Waals surface area contributed by atoms with E-state index in [2.05, 4.69) is 5.32 Å². The average Bonchev–Trinajstić information content (AvgIpc) is 2.97. The van der Waals surface area contributed by atoms with Crippen LogP contribution in [0.2, 0.25) is 5.02 Å². The molecule has 5 heteroatoms. The normalized spacial score (nSPS) is 13.9. The second-order valence-corrected chi connectivity index (χ2v) is 7.74. The quantitative estimate of drug-likeness (QED) is 0.570. The van der Waals surface area contributed by atoms with Gasteiger partial charge >= 0.3 is 0 Å². The molecule has 2 amide bonds. The zero-order valence-corrected chi connectivity index (χ0v) is 17.5. The summed E-state index contributed by atoms with van der Waals surface area (Å²) in [4.78, 5) is 27.9. The van der Waals surface area contributed by atoms with Crippen LogP contribution in [0.4, 0.5) is 5.69 Å². The number of hydrogen-bond donors (Lipinski definition) is 1. The van der Waals surface area contributed by atoms with Gasteiger partial charge in [0.2, 0.25) is 0 Å². The zero-order chi connectivity index (χ0) is 21.3. The highest BCUT2D eigenvalue weighted by Crippen LogP contribution is 2.33. The van der Waals surface area contributed by atoms with E-state index in [9.17, 15) is 9.59 Å². The molecule has 30 heavy (non-hydrogen) atoms. The first-order valence-corrected chi connectivity index (χ1v) is 10.1. The number of aryl methyl sites for hydroxylation is 1. The van der Waals surface area contributed by atoms with Crippen molar-refractivity contribution in [2.45, 2.75) is 20.4 Å². The average molecular weight is 417 g/mol. The summed E-state index contributed by atoms with van der Waals surface area (Å²) in [6.45, 7) is 4.07. The number of rotatable bonds is 5. The summed E-state index contributed by atoms with van der Waals surface area (Å²) in [6.07, 6.45) is 0. The molecule has 150 valence electrons. The Morgan fingerprint density at radius 2 is 1.53 bits per heavy atom. The molecular weight excluding hydrogens is 396 g/mol. The summed E-state index contributed by atoms with van der Waals surface area (Å²) < 4.78 is 0. The number of carbonyl (C=O) groups excluding carboxylic acids is 2. The van der Waals surface area contributed by atoms with Crippen LogP contribution >= 0.6 is 11.6 Å². The highest BCUT2D eigenvalue weighted by atomic mass is 35.5. The van der Waals surface area contributed by atoms with Gasteiger partial charge in [0.05, 0.1) is 12.1 Å². The molecular formula is C25H21ClN2O2. The minimum atomic E-state index is -0.348. The molecule has 0 bridgehead atoms. The number of anilines is 1. The largest absolute Gasteiger partial charge is 0.350 e. The first-order chi connectivity index (χ1) is 14.5. The monoisotopic (exact) mass is 416 g/mol. The Hall–Kier alpha value is -3.37. The highest BCUT2D eigenvalue weighted by molar-refractivity contribution is 6.36. The molecule has 0 aliphatic carbocycles. The Bertz CT molecular complexity index is 1150. The molecule has 0 aromatic heterocycles. The summed E-state index contributed by atoms with van der Waals surface area (Å²) in [5.74, 6) is -0.659. The Morgan fingerprint density at radius 1 is 0.833 bits per heavy atom. The van der Waals surface area contributed by atoms with Crippen molar-refractivity contribution in [2.24, 2.45) is 0 Å². The van der Waals surface area contributed by atoms with Crippen LogP contribution in [0.5, 0.6) is 0 Å². The van der Waals surface area contributed by atoms with Gasteiger partial charge < -0.3 is 5.32 Å². The van der Waals surface area contributed by atoms with E-state index in [4.69, 9.17) is 11.6 Å². The number of benzene rings is 3. The van der Waals surface area contributed by atoms with E-state index in [0.29, 0.717) is 21.8 Å². The molecule has 0 saturated carbocycles. The van der Waals surface area contributed by atoms with Crippen molar-refractivity contribution in [1.82, 2.24) is 4.90 Å². The van der Waals surface area contributed by atoms with Crippen molar-refractivity contribution < 1.29 is 9.59 Å². The third-order valence-electron chi connectivity index (χ3n) is 5.22. The van der Waals surface area contributed by atoms with Gasteiger partial charge in [-0.05, 0) is 42.7 Å². The summed E-state index contributed by atoms with van der Waals surface area (Å²) in [7, 11) is 0. The lowest BCUT2D eigenvalue weighted by Gasteiger charge is -2.16. The van der Waals surface area contributed by atoms with Gasteiger partial charge in [-0.2, -0.15) is 0 Å². The minimum absolute atomic E-state index is 0.216. The standard InChI is InChI=1S/C25H21ClN2O2/c1-16-11-13-19(14-12-16)22-23(27-21-10-6-9-20(26)17(21)2)25(30)28(24(22)29)15-18-7-4-3-5-8-18/h3-14,27H,15H2,1-2H3. The molecule has 3 aromatic carbocycles. The van der Waals surface area contributed by atoms with Crippen molar-refractivity contribution in [3.05, 3.63) is 106 Å². The predicted octanol–water partition coefficient (Wildman–Crippen LogP) is 5.35. The SMILES string of the molecule is Cc1ccc(C2=C(Nc3cccc(Cl)c3C)C(=O)N(Cc3ccccc3)C2=O)cc1. The van der Waals surface area contributed by atoms with Gasteiger partial charge in [0, 0.05) is 10.7 Å². The van der Waals surface area contributed by atoms with Crippen molar-refractivity contribution in [1.29, 1.82) is 0 Å². The van der Waals surface area contributed by atoms with Crippen LogP contribution in [-0.4, -0.2) is 16.7 Å². The molecule has 0 saturated heterocycles. The van der Waals surface area contributed by atoms with Crippen LogP contribution in [0.3, 0.4) is 0 Å². The van der Waals surface area contributed by atoms with Crippen LogP contribution in [0, 0.1) is 13.8 Å². The van der Waals surface area contributed by atoms with Crippen LogP contribution in [0.1, 0.15) is 22.3 Å². The first-order valence-electron chi connectivity index (χ1n) is 9.69. The Morgan fingerprint density at radius 3 is 2.23 bits per heavy atom. The van der Waals surface area contributed by atoms with E-state index in [-0.39, 0.29) is 24.1 Å². The van der Waals surface area contributed by atoms with Gasteiger partial charge in [-0.15, -0.1) is 0 Å². The summed E-state index contributed by atoms with van der Waals surface area (Å²) in [5, 5.41) is 3.79. The van der Waals surface area contributed by atoms with Crippen molar-refractivity contribution in [3.8, 4) is 0 Å². The fraction of sp³-hybridized carbons (Fsp3) is 0.120. The number of amides is 2. The van der Waals surface area contributed by atoms with E-state index < -0.39 is 0 Å². The van der Waals surface area contributed by atoms with E-state index in [1.807, 2.05) is 80.6 Å². The van der Waals surface area contributed by atoms with Crippen LogP contribution < -0.4 is 5.32 Å². The Balaban J connectivity index is 1.77. The number of imide groups is 1. The summed E-state index contributed by atoms with van der Waals surface area (Å²) in [5.41, 5.74) is 4.83. The molecule has 4 rings (SSSR count). The minimum Gasteiger partial charge on any atom is -0.350 e. The van der Waals surface area contributed by atoms with Crippen LogP contribution in [0.15, 0.2) is 78.5 Å². The molecule has 1 aliphatic heterocycles. The Labute approximate surface area is 180 Å². The first kappa shape index (κ1) is 19.9. The van der Waals surface area contributed by atoms with Gasteiger partial charge in [0.25, 0.3) is 11.8 Å². The van der Waals surface area contributed by atoms with E-state index in [1.54, 1.807) is 6.07 Å². The number of hydrogen-bond acceptors (Lipinski definition) is 3. The molecule has 0 atom stereocenters. The lowest BCUT2D eigenvalue weighted by molar-refractivity contribution is -0.137. The van der Waals surface area contributed by atoms with Gasteiger partial charge in [-0.1, -0.05) is 77.8 Å². The molecule has 1 N–H and O–H groups in total. The fourth-order valence-electron chi connectivity index (χ4n) is 3.47. The Kier molecular flexibility index (Phi) is 5.42. The molecule has 4 nitrogen and oxygen atoms in total. The molecule has 3 aromatic rings. The summed E-state index contributed by atoms with van der Waals surface area (Å²) >= 11 is 6.25. The fourth-order valence-corrected chi connectivity index (χ4v) is 3.64. The van der Waals surface area contributed by atoms with Gasteiger partial charge in [0.15, 0.2) is 0 Å². The lowest BCUT2D eigenvalue weighted by atomic mass is 10.0. The van der Waals surface area contributed by atoms with Gasteiger partial charge in [0.1, 0.15) is 5.70 Å². The highest BCUT2D eigenvalue weighted by Gasteiger charge is 2.39. The van der Waals surface area contributed by atoms with Gasteiger partial charge in [-0.3, -0.25) is 14.5 Å². The van der Waals surface area contributed by atoms with E-state index >= 15 is 0 Å². The number of halogens is 1. The second kappa shape index (κ2) is 8.17. The topological polar surface area (TPSA) is 49.4 Å². The smallest absolute Gasteiger partial charge is 0.278 e. The number of nitrogens with one attached hydrogen (secondary N) is 1. The maximum Gasteiger partial charge on any atom is 0.278 e. The van der Waals surface area contributed by atoms with Crippen LogP contribution in [0.25, 0.3) is 5.57 Å². The molecule has 0 unspecified atom stereocenters. The molecule has 0 spiro atoms. The molecule has 1 aliphatic rings. The maximum atomic E-state index is 13.3. The van der Waals surface area contributed by atoms with Gasteiger partial charge in [-0.25, -0.2) is 0 Å². The second-order valence-electron chi connectivity index (χ2n) is 7.34. The van der Waals surface area contributed by atoms with Crippen molar-refractivity contribution in [3.63, 3.8) is 0 Å². The maximum absolute atomic E-state index is 13.3. The zero-order valence-electron chi connectivity index (χ0n) is 16.8. The third-order valence-corrected chi connectivity index (χ3v) is 5.63. The van der Waals surface area contributed by atoms with Crippen molar-refractivity contribution in [2.75, 3.05) is 5.32 Å². The number of nitrogens with zero attached hydrogens (tertiary/aromatic N) is 1. The van der Waals surface area contributed by atoms with E-state index in [0.717, 1.165) is 16.7 Å². The van der Waals surface area contributed by atoms with E-state index in [1.165, 1.54) is 4.90 Å². The van der Waals surface area contributed by atoms with Crippen LogP contribution in [-0.2, 0) is 16.1 Å². The summed E-state index contributed by atoms with van der Waals surface area (Å²) in [6, 6.07) is 22.5.